The minimum Gasteiger partial charge on any atom is -0.478 e. The highest BCUT2D eigenvalue weighted by Crippen LogP contribution is 2.28. The van der Waals surface area contributed by atoms with Crippen LogP contribution in [0.5, 0.6) is 0 Å². The first-order valence-electron chi connectivity index (χ1n) is 5.51. The number of carbonyl (C=O) groups is 1. The van der Waals surface area contributed by atoms with Gasteiger partial charge in [-0.15, -0.1) is 0 Å². The normalized spacial score (nSPS) is 9.85. The molecule has 0 bridgehead atoms. The van der Waals surface area contributed by atoms with Gasteiger partial charge in [-0.25, -0.2) is 4.79 Å². The highest BCUT2D eigenvalue weighted by molar-refractivity contribution is 9.10. The number of halogens is 2. The van der Waals surface area contributed by atoms with Crippen molar-refractivity contribution >= 4 is 44.9 Å². The third-order valence-corrected chi connectivity index (χ3v) is 3.58. The van der Waals surface area contributed by atoms with Crippen LogP contribution in [0.2, 0.25) is 5.02 Å². The van der Waals surface area contributed by atoms with Crippen LogP contribution < -0.4 is 5.32 Å². The summed E-state index contributed by atoms with van der Waals surface area (Å²) in [5, 5.41) is 21.2. The Morgan fingerprint density at radius 2 is 2.05 bits per heavy atom. The number of rotatable bonds is 3. The van der Waals surface area contributed by atoms with Crippen LogP contribution in [0.1, 0.15) is 15.9 Å². The van der Waals surface area contributed by atoms with Crippen LogP contribution in [0.25, 0.3) is 0 Å². The topological polar surface area (TPSA) is 73.1 Å². The standard InChI is InChI=1S/C14H8BrClN2O2/c15-11-3-2-9(6-10(11)14(19)20)18-13-4-1-8(7-17)5-12(13)16/h1-6,18H,(H,19,20). The van der Waals surface area contributed by atoms with Gasteiger partial charge in [0.1, 0.15) is 0 Å². The number of aromatic carboxylic acids is 1. The van der Waals surface area contributed by atoms with Gasteiger partial charge < -0.3 is 10.4 Å². The van der Waals surface area contributed by atoms with E-state index in [2.05, 4.69) is 21.2 Å². The van der Waals surface area contributed by atoms with E-state index in [-0.39, 0.29) is 5.56 Å². The molecule has 0 saturated heterocycles. The third-order valence-electron chi connectivity index (χ3n) is 2.57. The first kappa shape index (κ1) is 14.4. The summed E-state index contributed by atoms with van der Waals surface area (Å²) in [4.78, 5) is 11.1. The lowest BCUT2D eigenvalue weighted by Gasteiger charge is -2.10. The van der Waals surface area contributed by atoms with Gasteiger partial charge in [-0.2, -0.15) is 5.26 Å². The molecule has 100 valence electrons. The molecule has 2 N–H and O–H groups in total. The fourth-order valence-corrected chi connectivity index (χ4v) is 2.25. The maximum absolute atomic E-state index is 11.1. The van der Waals surface area contributed by atoms with Gasteiger partial charge in [-0.1, -0.05) is 11.6 Å². The molecule has 0 aliphatic carbocycles. The van der Waals surface area contributed by atoms with E-state index in [0.29, 0.717) is 26.4 Å². The second kappa shape index (κ2) is 5.95. The number of benzene rings is 2. The molecule has 0 aromatic heterocycles. The van der Waals surface area contributed by atoms with Gasteiger partial charge in [-0.3, -0.25) is 0 Å². The minimum absolute atomic E-state index is 0.153. The van der Waals surface area contributed by atoms with Crippen molar-refractivity contribution in [3.05, 3.63) is 57.0 Å². The minimum atomic E-state index is -1.02. The summed E-state index contributed by atoms with van der Waals surface area (Å²) in [6.45, 7) is 0. The monoisotopic (exact) mass is 350 g/mol. The fourth-order valence-electron chi connectivity index (χ4n) is 1.61. The maximum Gasteiger partial charge on any atom is 0.336 e. The Kier molecular flexibility index (Phi) is 4.28. The van der Waals surface area contributed by atoms with Crippen molar-refractivity contribution in [2.24, 2.45) is 0 Å². The van der Waals surface area contributed by atoms with Gasteiger partial charge in [0.15, 0.2) is 0 Å². The predicted octanol–water partition coefficient (Wildman–Crippen LogP) is 4.42. The SMILES string of the molecule is N#Cc1ccc(Nc2ccc(Br)c(C(=O)O)c2)c(Cl)c1. The van der Waals surface area contributed by atoms with E-state index in [1.54, 1.807) is 30.3 Å². The number of nitrogens with zero attached hydrogens (tertiary/aromatic N) is 1. The molecule has 6 heteroatoms. The van der Waals surface area contributed by atoms with Crippen molar-refractivity contribution < 1.29 is 9.90 Å². The van der Waals surface area contributed by atoms with E-state index in [0.717, 1.165) is 0 Å². The molecule has 20 heavy (non-hydrogen) atoms. The molecule has 0 spiro atoms. The first-order chi connectivity index (χ1) is 9.51. The van der Waals surface area contributed by atoms with Crippen LogP contribution in [-0.4, -0.2) is 11.1 Å². The smallest absolute Gasteiger partial charge is 0.336 e. The molecule has 0 heterocycles. The lowest BCUT2D eigenvalue weighted by molar-refractivity contribution is 0.0696. The number of anilines is 2. The maximum atomic E-state index is 11.1. The molecule has 0 atom stereocenters. The summed E-state index contributed by atoms with van der Waals surface area (Å²) in [6, 6.07) is 11.7. The fraction of sp³-hybridized carbons (Fsp3) is 0. The average molecular weight is 352 g/mol. The highest BCUT2D eigenvalue weighted by atomic mass is 79.9. The lowest BCUT2D eigenvalue weighted by Crippen LogP contribution is -1.99. The molecule has 0 saturated carbocycles. The van der Waals surface area contributed by atoms with E-state index in [1.807, 2.05) is 6.07 Å². The Hall–Kier alpha value is -2.03. The second-order valence-corrected chi connectivity index (χ2v) is 5.19. The van der Waals surface area contributed by atoms with E-state index >= 15 is 0 Å². The summed E-state index contributed by atoms with van der Waals surface area (Å²) in [5.74, 6) is -1.02. The Balaban J connectivity index is 2.33. The van der Waals surface area contributed by atoms with Gasteiger partial charge in [0.05, 0.1) is 27.9 Å². The Bertz CT molecular complexity index is 726. The van der Waals surface area contributed by atoms with Crippen molar-refractivity contribution in [1.29, 1.82) is 5.26 Å². The van der Waals surface area contributed by atoms with Crippen molar-refractivity contribution in [2.45, 2.75) is 0 Å². The van der Waals surface area contributed by atoms with Crippen LogP contribution >= 0.6 is 27.5 Å². The van der Waals surface area contributed by atoms with E-state index in [1.165, 1.54) is 6.07 Å². The number of hydrogen-bond acceptors (Lipinski definition) is 3. The molecular weight excluding hydrogens is 344 g/mol. The van der Waals surface area contributed by atoms with Gasteiger partial charge >= 0.3 is 5.97 Å². The summed E-state index contributed by atoms with van der Waals surface area (Å²) in [6.07, 6.45) is 0. The zero-order chi connectivity index (χ0) is 14.7. The van der Waals surface area contributed by atoms with Crippen molar-refractivity contribution in [3.63, 3.8) is 0 Å². The lowest BCUT2D eigenvalue weighted by atomic mass is 10.2. The van der Waals surface area contributed by atoms with Crippen molar-refractivity contribution in [2.75, 3.05) is 5.32 Å². The summed E-state index contributed by atoms with van der Waals surface area (Å²) in [7, 11) is 0. The van der Waals surface area contributed by atoms with Gasteiger partial charge in [-0.05, 0) is 52.3 Å². The quantitative estimate of drug-likeness (QED) is 0.858. The van der Waals surface area contributed by atoms with Crippen LogP contribution in [0, 0.1) is 11.3 Å². The molecule has 0 amide bonds. The number of nitriles is 1. The van der Waals surface area contributed by atoms with Crippen LogP contribution in [-0.2, 0) is 0 Å². The van der Waals surface area contributed by atoms with Crippen LogP contribution in [0.3, 0.4) is 0 Å². The van der Waals surface area contributed by atoms with E-state index in [4.69, 9.17) is 22.0 Å². The second-order valence-electron chi connectivity index (χ2n) is 3.93. The first-order valence-corrected chi connectivity index (χ1v) is 6.68. The number of hydrogen-bond donors (Lipinski definition) is 2. The molecule has 4 nitrogen and oxygen atoms in total. The number of carboxylic acid groups (broad SMARTS) is 1. The Morgan fingerprint density at radius 1 is 1.30 bits per heavy atom. The molecule has 0 aliphatic rings. The third kappa shape index (κ3) is 3.10. The Labute approximate surface area is 128 Å². The van der Waals surface area contributed by atoms with Gasteiger partial charge in [0.25, 0.3) is 0 Å². The van der Waals surface area contributed by atoms with Crippen LogP contribution in [0.4, 0.5) is 11.4 Å². The van der Waals surface area contributed by atoms with Gasteiger partial charge in [0, 0.05) is 10.2 Å². The molecule has 2 rings (SSSR count). The molecule has 0 radical (unpaired) electrons. The highest BCUT2D eigenvalue weighted by Gasteiger charge is 2.10. The van der Waals surface area contributed by atoms with Gasteiger partial charge in [0.2, 0.25) is 0 Å². The van der Waals surface area contributed by atoms with E-state index < -0.39 is 5.97 Å². The van der Waals surface area contributed by atoms with Crippen molar-refractivity contribution in [3.8, 4) is 6.07 Å². The van der Waals surface area contributed by atoms with Crippen molar-refractivity contribution in [1.82, 2.24) is 0 Å². The largest absolute Gasteiger partial charge is 0.478 e. The van der Waals surface area contributed by atoms with E-state index in [9.17, 15) is 4.79 Å². The molecule has 0 aliphatic heterocycles. The summed E-state index contributed by atoms with van der Waals surface area (Å²) in [5.41, 5.74) is 1.81. The molecule has 0 fully saturated rings. The average Bonchev–Trinajstić information content (AvgIpc) is 2.42. The molecular formula is C14H8BrClN2O2. The Morgan fingerprint density at radius 3 is 2.65 bits per heavy atom. The number of nitrogens with one attached hydrogen (secondary N) is 1. The zero-order valence-electron chi connectivity index (χ0n) is 10.0. The molecule has 0 unspecified atom stereocenters. The predicted molar refractivity (Wildman–Crippen MR) is 80.6 cm³/mol. The summed E-state index contributed by atoms with van der Waals surface area (Å²) < 4.78 is 0.501. The molecule has 2 aromatic rings. The summed E-state index contributed by atoms with van der Waals surface area (Å²) >= 11 is 9.23. The number of carboxylic acids is 1. The molecule has 2 aromatic carbocycles. The van der Waals surface area contributed by atoms with Crippen LogP contribution in [0.15, 0.2) is 40.9 Å². The zero-order valence-corrected chi connectivity index (χ0v) is 12.4.